The maximum atomic E-state index is 12.6. The molecule has 13 heavy (non-hydrogen) atoms. The van der Waals surface area contributed by atoms with E-state index in [1.165, 1.54) is 0 Å². The van der Waals surface area contributed by atoms with Crippen molar-refractivity contribution in [2.75, 3.05) is 0 Å². The SMILES string of the molecule is Cc1cc(C)c(C(F)F)c(C)c1Br. The summed E-state index contributed by atoms with van der Waals surface area (Å²) >= 11 is 3.30. The molecule has 0 fully saturated rings. The molecule has 0 saturated heterocycles. The first-order valence-electron chi connectivity index (χ1n) is 3.99. The Kier molecular flexibility index (Phi) is 3.06. The van der Waals surface area contributed by atoms with E-state index in [4.69, 9.17) is 0 Å². The molecule has 0 aliphatic carbocycles. The fourth-order valence-corrected chi connectivity index (χ4v) is 1.84. The predicted molar refractivity (Wildman–Crippen MR) is 53.3 cm³/mol. The Morgan fingerprint density at radius 3 is 2.15 bits per heavy atom. The molecule has 0 N–H and O–H groups in total. The van der Waals surface area contributed by atoms with Crippen molar-refractivity contribution >= 4 is 15.9 Å². The quantitative estimate of drug-likeness (QED) is 0.695. The molecule has 0 saturated carbocycles. The van der Waals surface area contributed by atoms with E-state index in [0.29, 0.717) is 11.1 Å². The third kappa shape index (κ3) is 1.90. The van der Waals surface area contributed by atoms with Gasteiger partial charge in [-0.2, -0.15) is 0 Å². The molecule has 0 aliphatic rings. The second-order valence-corrected chi connectivity index (χ2v) is 3.96. The van der Waals surface area contributed by atoms with E-state index in [1.807, 2.05) is 6.92 Å². The van der Waals surface area contributed by atoms with Crippen LogP contribution >= 0.6 is 15.9 Å². The fourth-order valence-electron chi connectivity index (χ4n) is 1.51. The predicted octanol–water partition coefficient (Wildman–Crippen LogP) is 4.31. The van der Waals surface area contributed by atoms with Crippen molar-refractivity contribution in [1.29, 1.82) is 0 Å². The number of benzene rings is 1. The van der Waals surface area contributed by atoms with Gasteiger partial charge in [-0.1, -0.05) is 22.0 Å². The van der Waals surface area contributed by atoms with Gasteiger partial charge in [0.05, 0.1) is 0 Å². The minimum absolute atomic E-state index is 0.150. The Morgan fingerprint density at radius 2 is 1.69 bits per heavy atom. The molecule has 0 aromatic heterocycles. The molecule has 1 rings (SSSR count). The van der Waals surface area contributed by atoms with Crippen LogP contribution in [0.4, 0.5) is 8.78 Å². The van der Waals surface area contributed by atoms with Crippen LogP contribution in [0.15, 0.2) is 10.5 Å². The average molecular weight is 249 g/mol. The standard InChI is InChI=1S/C10H11BrF2/c1-5-4-6(2)9(11)7(3)8(5)10(12)13/h4,10H,1-3H3. The highest BCUT2D eigenvalue weighted by Crippen LogP contribution is 2.32. The van der Waals surface area contributed by atoms with E-state index in [1.54, 1.807) is 19.9 Å². The maximum Gasteiger partial charge on any atom is 0.264 e. The van der Waals surface area contributed by atoms with Gasteiger partial charge in [-0.05, 0) is 37.5 Å². The first-order chi connectivity index (χ1) is 5.95. The summed E-state index contributed by atoms with van der Waals surface area (Å²) in [5.74, 6) is 0. The van der Waals surface area contributed by atoms with E-state index in [-0.39, 0.29) is 5.56 Å². The van der Waals surface area contributed by atoms with Gasteiger partial charge in [-0.25, -0.2) is 8.78 Å². The molecule has 0 radical (unpaired) electrons. The number of halogens is 3. The molecule has 3 heteroatoms. The minimum Gasteiger partial charge on any atom is -0.205 e. The molecular formula is C10H11BrF2. The van der Waals surface area contributed by atoms with Crippen LogP contribution < -0.4 is 0 Å². The lowest BCUT2D eigenvalue weighted by molar-refractivity contribution is 0.149. The monoisotopic (exact) mass is 248 g/mol. The summed E-state index contributed by atoms with van der Waals surface area (Å²) in [5.41, 5.74) is 2.46. The summed E-state index contributed by atoms with van der Waals surface area (Å²) in [6.07, 6.45) is -2.39. The highest BCUT2D eigenvalue weighted by molar-refractivity contribution is 9.10. The highest BCUT2D eigenvalue weighted by Gasteiger charge is 2.16. The number of rotatable bonds is 1. The molecule has 1 aromatic rings. The van der Waals surface area contributed by atoms with Gasteiger partial charge in [0.25, 0.3) is 6.43 Å². The summed E-state index contributed by atoms with van der Waals surface area (Å²) in [4.78, 5) is 0. The highest BCUT2D eigenvalue weighted by atomic mass is 79.9. The molecular weight excluding hydrogens is 238 g/mol. The summed E-state index contributed by atoms with van der Waals surface area (Å²) in [6.45, 7) is 5.33. The van der Waals surface area contributed by atoms with E-state index in [2.05, 4.69) is 15.9 Å². The summed E-state index contributed by atoms with van der Waals surface area (Å²) in [6, 6.07) is 1.78. The fraction of sp³-hybridized carbons (Fsp3) is 0.400. The average Bonchev–Trinajstić information content (AvgIpc) is 1.99. The summed E-state index contributed by atoms with van der Waals surface area (Å²) in [7, 11) is 0. The molecule has 1 aromatic carbocycles. The number of alkyl halides is 2. The molecule has 0 aliphatic heterocycles. The van der Waals surface area contributed by atoms with Crippen molar-refractivity contribution in [3.63, 3.8) is 0 Å². The number of hydrogen-bond acceptors (Lipinski definition) is 0. The largest absolute Gasteiger partial charge is 0.264 e. The van der Waals surface area contributed by atoms with Crippen molar-refractivity contribution in [2.24, 2.45) is 0 Å². The maximum absolute atomic E-state index is 12.6. The van der Waals surface area contributed by atoms with Crippen LogP contribution in [0.1, 0.15) is 28.7 Å². The zero-order valence-corrected chi connectivity index (χ0v) is 9.37. The van der Waals surface area contributed by atoms with E-state index < -0.39 is 6.43 Å². The van der Waals surface area contributed by atoms with Crippen LogP contribution in [-0.4, -0.2) is 0 Å². The van der Waals surface area contributed by atoms with Crippen LogP contribution in [0, 0.1) is 20.8 Å². The molecule has 0 spiro atoms. The normalized spacial score (nSPS) is 11.0. The van der Waals surface area contributed by atoms with Gasteiger partial charge in [0.2, 0.25) is 0 Å². The lowest BCUT2D eigenvalue weighted by atomic mass is 10.0. The van der Waals surface area contributed by atoms with Crippen LogP contribution in [0.2, 0.25) is 0 Å². The minimum atomic E-state index is -2.39. The van der Waals surface area contributed by atoms with E-state index in [0.717, 1.165) is 10.0 Å². The topological polar surface area (TPSA) is 0 Å². The lowest BCUT2D eigenvalue weighted by Crippen LogP contribution is -1.97. The van der Waals surface area contributed by atoms with E-state index >= 15 is 0 Å². The molecule has 72 valence electrons. The smallest absolute Gasteiger partial charge is 0.205 e. The Bertz CT molecular complexity index is 332. The second-order valence-electron chi connectivity index (χ2n) is 3.16. The first kappa shape index (κ1) is 10.6. The van der Waals surface area contributed by atoms with Gasteiger partial charge < -0.3 is 0 Å². The molecule has 0 unspecified atom stereocenters. The summed E-state index contributed by atoms with van der Waals surface area (Å²) in [5, 5.41) is 0. The van der Waals surface area contributed by atoms with Gasteiger partial charge in [-0.3, -0.25) is 0 Å². The Labute approximate surface area is 85.1 Å². The number of aryl methyl sites for hydroxylation is 2. The van der Waals surface area contributed by atoms with E-state index in [9.17, 15) is 8.78 Å². The van der Waals surface area contributed by atoms with Crippen molar-refractivity contribution < 1.29 is 8.78 Å². The zero-order chi connectivity index (χ0) is 10.2. The summed E-state index contributed by atoms with van der Waals surface area (Å²) < 4.78 is 25.9. The molecule has 0 atom stereocenters. The molecule has 0 heterocycles. The Morgan fingerprint density at radius 1 is 1.15 bits per heavy atom. The third-order valence-corrected chi connectivity index (χ3v) is 3.38. The second kappa shape index (κ2) is 3.74. The molecule has 0 nitrogen and oxygen atoms in total. The van der Waals surface area contributed by atoms with Gasteiger partial charge in [0.15, 0.2) is 0 Å². The zero-order valence-electron chi connectivity index (χ0n) is 7.79. The van der Waals surface area contributed by atoms with Crippen LogP contribution in [0.25, 0.3) is 0 Å². The van der Waals surface area contributed by atoms with Crippen molar-refractivity contribution in [3.05, 3.63) is 32.8 Å². The van der Waals surface area contributed by atoms with Crippen molar-refractivity contribution in [2.45, 2.75) is 27.2 Å². The van der Waals surface area contributed by atoms with Crippen LogP contribution in [-0.2, 0) is 0 Å². The van der Waals surface area contributed by atoms with Gasteiger partial charge in [0.1, 0.15) is 0 Å². The number of hydrogen-bond donors (Lipinski definition) is 0. The van der Waals surface area contributed by atoms with Gasteiger partial charge in [0, 0.05) is 10.0 Å². The van der Waals surface area contributed by atoms with Crippen molar-refractivity contribution in [3.8, 4) is 0 Å². The van der Waals surface area contributed by atoms with Crippen LogP contribution in [0.3, 0.4) is 0 Å². The van der Waals surface area contributed by atoms with Crippen molar-refractivity contribution in [1.82, 2.24) is 0 Å². The van der Waals surface area contributed by atoms with Crippen LogP contribution in [0.5, 0.6) is 0 Å². The Balaban J connectivity index is 3.44. The Hall–Kier alpha value is -0.440. The third-order valence-electron chi connectivity index (χ3n) is 2.16. The molecule has 0 amide bonds. The molecule has 0 bridgehead atoms. The lowest BCUT2D eigenvalue weighted by Gasteiger charge is -2.12. The van der Waals surface area contributed by atoms with Gasteiger partial charge in [-0.15, -0.1) is 0 Å². The first-order valence-corrected chi connectivity index (χ1v) is 4.78. The van der Waals surface area contributed by atoms with Gasteiger partial charge >= 0.3 is 0 Å².